The van der Waals surface area contributed by atoms with Crippen LogP contribution in [0.5, 0.6) is 11.5 Å². The highest BCUT2D eigenvalue weighted by Crippen LogP contribution is 2.25. The van der Waals surface area contributed by atoms with E-state index in [9.17, 15) is 0 Å². The molecule has 1 aliphatic rings. The summed E-state index contributed by atoms with van der Waals surface area (Å²) >= 11 is 0. The number of methoxy groups -OCH3 is 1. The average Bonchev–Trinajstić information content (AvgIpc) is 2.60. The van der Waals surface area contributed by atoms with Crippen molar-refractivity contribution in [2.24, 2.45) is 0 Å². The normalized spacial score (nSPS) is 15.2. The Morgan fingerprint density at radius 1 is 0.875 bits per heavy atom. The lowest BCUT2D eigenvalue weighted by atomic mass is 10.0. The molecular formula is C21H21NO2. The number of likely N-dealkylation sites (tertiary alicyclic amines) is 1. The number of fused-ring (bicyclic) bond motifs is 1. The Labute approximate surface area is 142 Å². The quantitative estimate of drug-likeness (QED) is 0.706. The van der Waals surface area contributed by atoms with Crippen molar-refractivity contribution in [2.75, 3.05) is 20.2 Å². The van der Waals surface area contributed by atoms with E-state index in [1.807, 2.05) is 24.3 Å². The van der Waals surface area contributed by atoms with Gasteiger partial charge in [-0.25, -0.2) is 0 Å². The first-order valence-electron chi connectivity index (χ1n) is 8.31. The molecular weight excluding hydrogens is 298 g/mol. The predicted molar refractivity (Wildman–Crippen MR) is 96.6 cm³/mol. The van der Waals surface area contributed by atoms with E-state index < -0.39 is 0 Å². The van der Waals surface area contributed by atoms with Crippen molar-refractivity contribution in [3.8, 4) is 11.5 Å². The smallest absolute Gasteiger partial charge is 0.124 e. The van der Waals surface area contributed by atoms with Crippen LogP contribution >= 0.6 is 0 Å². The van der Waals surface area contributed by atoms with Crippen LogP contribution in [0, 0.1) is 0 Å². The van der Waals surface area contributed by atoms with Gasteiger partial charge in [-0.05, 0) is 40.6 Å². The van der Waals surface area contributed by atoms with Gasteiger partial charge in [-0.1, -0.05) is 42.5 Å². The number of nitrogens with zero attached hydrogens (tertiary/aromatic N) is 1. The maximum absolute atomic E-state index is 6.01. The summed E-state index contributed by atoms with van der Waals surface area (Å²) in [4.78, 5) is 2.43. The summed E-state index contributed by atoms with van der Waals surface area (Å²) < 4.78 is 11.2. The first-order valence-corrected chi connectivity index (χ1v) is 8.31. The highest BCUT2D eigenvalue weighted by Gasteiger charge is 2.28. The fourth-order valence-electron chi connectivity index (χ4n) is 3.24. The van der Waals surface area contributed by atoms with E-state index in [4.69, 9.17) is 9.47 Å². The van der Waals surface area contributed by atoms with Gasteiger partial charge in [0.05, 0.1) is 7.11 Å². The summed E-state index contributed by atoms with van der Waals surface area (Å²) in [5.74, 6) is 1.76. The van der Waals surface area contributed by atoms with Gasteiger partial charge >= 0.3 is 0 Å². The molecule has 0 amide bonds. The highest BCUT2D eigenvalue weighted by molar-refractivity contribution is 5.85. The molecule has 3 aromatic carbocycles. The minimum Gasteiger partial charge on any atom is -0.497 e. The molecule has 0 N–H and O–H groups in total. The average molecular weight is 319 g/mol. The van der Waals surface area contributed by atoms with Crippen molar-refractivity contribution in [2.45, 2.75) is 12.6 Å². The fraction of sp³-hybridized carbons (Fsp3) is 0.238. The molecule has 3 heteroatoms. The minimum atomic E-state index is 0.272. The molecule has 1 fully saturated rings. The molecule has 1 saturated heterocycles. The Morgan fingerprint density at radius 3 is 2.38 bits per heavy atom. The first-order chi connectivity index (χ1) is 11.8. The summed E-state index contributed by atoms with van der Waals surface area (Å²) in [5.41, 5.74) is 1.39. The zero-order valence-corrected chi connectivity index (χ0v) is 13.8. The van der Waals surface area contributed by atoms with Crippen LogP contribution < -0.4 is 9.47 Å². The molecule has 0 aromatic heterocycles. The topological polar surface area (TPSA) is 21.7 Å². The second-order valence-corrected chi connectivity index (χ2v) is 6.25. The van der Waals surface area contributed by atoms with E-state index in [1.54, 1.807) is 7.11 Å². The number of hydrogen-bond acceptors (Lipinski definition) is 3. The molecule has 3 nitrogen and oxygen atoms in total. The van der Waals surface area contributed by atoms with Gasteiger partial charge in [0.2, 0.25) is 0 Å². The molecule has 0 aliphatic carbocycles. The number of rotatable bonds is 5. The van der Waals surface area contributed by atoms with Crippen LogP contribution in [0.1, 0.15) is 5.56 Å². The molecule has 0 atom stereocenters. The Balaban J connectivity index is 1.35. The van der Waals surface area contributed by atoms with E-state index in [1.165, 1.54) is 16.3 Å². The Morgan fingerprint density at radius 2 is 1.58 bits per heavy atom. The lowest BCUT2D eigenvalue weighted by Gasteiger charge is -2.39. The van der Waals surface area contributed by atoms with Gasteiger partial charge in [0, 0.05) is 19.6 Å². The Kier molecular flexibility index (Phi) is 4.09. The third-order valence-electron chi connectivity index (χ3n) is 4.56. The lowest BCUT2D eigenvalue weighted by Crippen LogP contribution is -2.53. The summed E-state index contributed by atoms with van der Waals surface area (Å²) in [6, 6.07) is 22.9. The van der Waals surface area contributed by atoms with Crippen molar-refractivity contribution < 1.29 is 9.47 Å². The molecule has 3 aromatic rings. The van der Waals surface area contributed by atoms with Crippen LogP contribution in [0.4, 0.5) is 0 Å². The molecule has 1 aliphatic heterocycles. The summed E-state index contributed by atoms with van der Waals surface area (Å²) in [6.07, 6.45) is 0.272. The molecule has 122 valence electrons. The molecule has 1 heterocycles. The summed E-state index contributed by atoms with van der Waals surface area (Å²) in [6.45, 7) is 2.91. The van der Waals surface area contributed by atoms with Crippen LogP contribution in [0.3, 0.4) is 0 Å². The van der Waals surface area contributed by atoms with Crippen LogP contribution in [0.15, 0.2) is 66.7 Å². The van der Waals surface area contributed by atoms with Crippen LogP contribution in [0.25, 0.3) is 10.8 Å². The molecule has 0 saturated carbocycles. The van der Waals surface area contributed by atoms with Gasteiger partial charge in [0.15, 0.2) is 0 Å². The number of hydrogen-bond donors (Lipinski definition) is 0. The Bertz CT molecular complexity index is 817. The highest BCUT2D eigenvalue weighted by atomic mass is 16.5. The van der Waals surface area contributed by atoms with E-state index in [2.05, 4.69) is 47.4 Å². The second kappa shape index (κ2) is 6.54. The van der Waals surface area contributed by atoms with Gasteiger partial charge in [-0.3, -0.25) is 4.90 Å². The summed E-state index contributed by atoms with van der Waals surface area (Å²) in [7, 11) is 1.67. The van der Waals surface area contributed by atoms with E-state index in [0.29, 0.717) is 0 Å². The SMILES string of the molecule is COc1ccc(OC2CN(Cc3cccc4ccccc34)C2)cc1. The van der Waals surface area contributed by atoms with Crippen LogP contribution in [0.2, 0.25) is 0 Å². The largest absolute Gasteiger partial charge is 0.497 e. The lowest BCUT2D eigenvalue weighted by molar-refractivity contribution is 0.0148. The van der Waals surface area contributed by atoms with Gasteiger partial charge in [0.25, 0.3) is 0 Å². The van der Waals surface area contributed by atoms with E-state index in [0.717, 1.165) is 31.1 Å². The zero-order valence-electron chi connectivity index (χ0n) is 13.8. The maximum Gasteiger partial charge on any atom is 0.124 e. The van der Waals surface area contributed by atoms with Crippen LogP contribution in [-0.2, 0) is 6.54 Å². The van der Waals surface area contributed by atoms with Gasteiger partial charge in [-0.2, -0.15) is 0 Å². The standard InChI is InChI=1S/C21H21NO2/c1-23-18-9-11-19(12-10-18)24-20-14-22(15-20)13-17-7-4-6-16-5-2-3-8-21(16)17/h2-12,20H,13-15H2,1H3. The van der Waals surface area contributed by atoms with Crippen LogP contribution in [-0.4, -0.2) is 31.2 Å². The molecule has 4 rings (SSSR count). The number of benzene rings is 3. The predicted octanol–water partition coefficient (Wildman–Crippen LogP) is 4.11. The fourth-order valence-corrected chi connectivity index (χ4v) is 3.24. The third-order valence-corrected chi connectivity index (χ3v) is 4.56. The number of ether oxygens (including phenoxy) is 2. The van der Waals surface area contributed by atoms with Gasteiger partial charge in [-0.15, -0.1) is 0 Å². The van der Waals surface area contributed by atoms with Crippen molar-refractivity contribution in [3.63, 3.8) is 0 Å². The minimum absolute atomic E-state index is 0.272. The zero-order chi connectivity index (χ0) is 16.4. The second-order valence-electron chi connectivity index (χ2n) is 6.25. The summed E-state index contributed by atoms with van der Waals surface area (Å²) in [5, 5.41) is 2.65. The molecule has 0 spiro atoms. The van der Waals surface area contributed by atoms with Crippen molar-refractivity contribution in [3.05, 3.63) is 72.3 Å². The van der Waals surface area contributed by atoms with Crippen molar-refractivity contribution >= 4 is 10.8 Å². The molecule has 0 unspecified atom stereocenters. The Hall–Kier alpha value is -2.52. The van der Waals surface area contributed by atoms with Gasteiger partial charge < -0.3 is 9.47 Å². The van der Waals surface area contributed by atoms with Crippen molar-refractivity contribution in [1.29, 1.82) is 0 Å². The van der Waals surface area contributed by atoms with E-state index in [-0.39, 0.29) is 6.10 Å². The van der Waals surface area contributed by atoms with Crippen molar-refractivity contribution in [1.82, 2.24) is 4.90 Å². The van der Waals surface area contributed by atoms with Gasteiger partial charge in [0.1, 0.15) is 17.6 Å². The molecule has 0 radical (unpaired) electrons. The van der Waals surface area contributed by atoms with E-state index >= 15 is 0 Å². The maximum atomic E-state index is 6.01. The first kappa shape index (κ1) is 15.0. The molecule has 0 bridgehead atoms. The third kappa shape index (κ3) is 3.08. The molecule has 24 heavy (non-hydrogen) atoms. The monoisotopic (exact) mass is 319 g/mol.